The van der Waals surface area contributed by atoms with Gasteiger partial charge in [-0.25, -0.2) is 9.37 Å². The molecule has 0 spiro atoms. The Bertz CT molecular complexity index is 1720. The molecular formula is C31H33FN4O5. The predicted octanol–water partition coefficient (Wildman–Crippen LogP) is 3.58. The SMILES string of the molecule is CCC(C)[C@H]1C(=O)OCc2c1cc1n(c2=O)Cc2c-1nc1cc(F)c(C)c3c1c2[C@@H](N1CCC(OCN)C1=O)CC3. The van der Waals surface area contributed by atoms with E-state index in [1.807, 2.05) is 24.8 Å². The van der Waals surface area contributed by atoms with E-state index >= 15 is 4.39 Å². The van der Waals surface area contributed by atoms with Crippen LogP contribution in [0.2, 0.25) is 0 Å². The standard InChI is InChI=1S/C31H33FN4O5/c1-4-14(2)25-17-9-23-28-18(11-36(23)29(37)19(17)12-40-31(25)39)27-22(35-8-7-24(30(35)38)41-13-33)6-5-16-15(3)20(32)10-21(34-28)26(16)27/h9-10,14,22,24-25H,4-8,11-13,33H2,1-3H3/t14?,22-,24?,25+/m0/s1. The molecule has 10 heteroatoms. The van der Waals surface area contributed by atoms with Crippen molar-refractivity contribution in [2.24, 2.45) is 11.7 Å². The maximum atomic E-state index is 15.2. The van der Waals surface area contributed by atoms with Crippen molar-refractivity contribution in [3.63, 3.8) is 0 Å². The highest BCUT2D eigenvalue weighted by Crippen LogP contribution is 2.48. The molecule has 2 N–H and O–H groups in total. The number of hydrogen-bond donors (Lipinski definition) is 1. The van der Waals surface area contributed by atoms with Gasteiger partial charge in [0.2, 0.25) is 0 Å². The first kappa shape index (κ1) is 26.3. The highest BCUT2D eigenvalue weighted by molar-refractivity contribution is 5.94. The van der Waals surface area contributed by atoms with Crippen molar-refractivity contribution in [3.8, 4) is 11.4 Å². The molecule has 1 amide bonds. The number of ether oxygens (including phenoxy) is 2. The molecule has 9 nitrogen and oxygen atoms in total. The van der Waals surface area contributed by atoms with Gasteiger partial charge in [0.05, 0.1) is 47.7 Å². The summed E-state index contributed by atoms with van der Waals surface area (Å²) in [6.07, 6.45) is 1.97. The van der Waals surface area contributed by atoms with Gasteiger partial charge >= 0.3 is 5.97 Å². The summed E-state index contributed by atoms with van der Waals surface area (Å²) in [7, 11) is 0. The second-order valence-corrected chi connectivity index (χ2v) is 11.7. The Morgan fingerprint density at radius 2 is 2.00 bits per heavy atom. The molecule has 0 radical (unpaired) electrons. The summed E-state index contributed by atoms with van der Waals surface area (Å²) in [6.45, 7) is 6.51. The lowest BCUT2D eigenvalue weighted by Crippen LogP contribution is -2.37. The fraction of sp³-hybridized carbons (Fsp3) is 0.484. The minimum atomic E-state index is -0.580. The molecule has 1 aliphatic carbocycles. The van der Waals surface area contributed by atoms with E-state index in [4.69, 9.17) is 20.2 Å². The van der Waals surface area contributed by atoms with Crippen LogP contribution in [-0.4, -0.2) is 45.7 Å². The van der Waals surface area contributed by atoms with Gasteiger partial charge in [-0.15, -0.1) is 0 Å². The number of halogens is 1. The number of aryl methyl sites for hydroxylation is 1. The van der Waals surface area contributed by atoms with Crippen molar-refractivity contribution in [3.05, 3.63) is 61.7 Å². The second-order valence-electron chi connectivity index (χ2n) is 11.7. The number of carbonyl (C=O) groups is 2. The van der Waals surface area contributed by atoms with Crippen LogP contribution in [0.15, 0.2) is 16.9 Å². The quantitative estimate of drug-likeness (QED) is 0.293. The first-order valence-corrected chi connectivity index (χ1v) is 14.4. The van der Waals surface area contributed by atoms with E-state index < -0.39 is 12.0 Å². The average molecular weight is 561 g/mol. The number of nitrogens with zero attached hydrogens (tertiary/aromatic N) is 3. The molecule has 3 aliphatic heterocycles. The van der Waals surface area contributed by atoms with Gasteiger partial charge in [0, 0.05) is 30.0 Å². The average Bonchev–Trinajstić information content (AvgIpc) is 3.51. The van der Waals surface area contributed by atoms with E-state index in [0.717, 1.165) is 28.5 Å². The topological polar surface area (TPSA) is 117 Å². The van der Waals surface area contributed by atoms with Crippen LogP contribution < -0.4 is 11.3 Å². The van der Waals surface area contributed by atoms with E-state index in [2.05, 4.69) is 0 Å². The van der Waals surface area contributed by atoms with Crippen LogP contribution >= 0.6 is 0 Å². The smallest absolute Gasteiger partial charge is 0.314 e. The zero-order chi connectivity index (χ0) is 28.7. The summed E-state index contributed by atoms with van der Waals surface area (Å²) in [5, 5.41) is 0.872. The monoisotopic (exact) mass is 560 g/mol. The molecule has 41 heavy (non-hydrogen) atoms. The van der Waals surface area contributed by atoms with Gasteiger partial charge in [0.1, 0.15) is 18.5 Å². The third-order valence-electron chi connectivity index (χ3n) is 9.76. The molecule has 1 fully saturated rings. The molecule has 0 saturated carbocycles. The number of likely N-dealkylation sites (tertiary alicyclic amines) is 1. The van der Waals surface area contributed by atoms with E-state index in [9.17, 15) is 14.4 Å². The molecule has 1 saturated heterocycles. The molecule has 0 bridgehead atoms. The van der Waals surface area contributed by atoms with Gasteiger partial charge in [-0.3, -0.25) is 14.4 Å². The largest absolute Gasteiger partial charge is 0.460 e. The number of carbonyl (C=O) groups excluding carboxylic acids is 2. The van der Waals surface area contributed by atoms with Gasteiger partial charge in [0.15, 0.2) is 0 Å². The summed E-state index contributed by atoms with van der Waals surface area (Å²) in [6, 6.07) is 3.12. The van der Waals surface area contributed by atoms with Crippen molar-refractivity contribution in [1.82, 2.24) is 14.5 Å². The van der Waals surface area contributed by atoms with Crippen molar-refractivity contribution in [2.75, 3.05) is 13.3 Å². The van der Waals surface area contributed by atoms with Crippen LogP contribution in [0.25, 0.3) is 22.3 Å². The van der Waals surface area contributed by atoms with Crippen molar-refractivity contribution in [1.29, 1.82) is 0 Å². The number of esters is 1. The second kappa shape index (κ2) is 9.46. The van der Waals surface area contributed by atoms with Gasteiger partial charge in [-0.05, 0) is 54.0 Å². The highest BCUT2D eigenvalue weighted by Gasteiger charge is 2.43. The Morgan fingerprint density at radius 3 is 2.76 bits per heavy atom. The molecule has 1 aromatic carbocycles. The first-order valence-electron chi connectivity index (χ1n) is 14.4. The molecule has 2 unspecified atom stereocenters. The molecule has 4 atom stereocenters. The lowest BCUT2D eigenvalue weighted by atomic mass is 9.80. The van der Waals surface area contributed by atoms with Crippen LogP contribution in [0.1, 0.15) is 78.5 Å². The minimum absolute atomic E-state index is 0.00975. The maximum absolute atomic E-state index is 15.2. The Kier molecular flexibility index (Phi) is 6.06. The van der Waals surface area contributed by atoms with Gasteiger partial charge in [-0.1, -0.05) is 20.3 Å². The van der Waals surface area contributed by atoms with Crippen LogP contribution in [0.3, 0.4) is 0 Å². The summed E-state index contributed by atoms with van der Waals surface area (Å²) < 4.78 is 27.8. The third-order valence-corrected chi connectivity index (χ3v) is 9.76. The van der Waals surface area contributed by atoms with Crippen LogP contribution in [0.5, 0.6) is 0 Å². The summed E-state index contributed by atoms with van der Waals surface area (Å²) in [5.74, 6) is -1.29. The Morgan fingerprint density at radius 1 is 1.20 bits per heavy atom. The number of rotatable bonds is 5. The highest BCUT2D eigenvalue weighted by atomic mass is 19.1. The van der Waals surface area contributed by atoms with Crippen LogP contribution in [-0.2, 0) is 38.6 Å². The summed E-state index contributed by atoms with van der Waals surface area (Å²) in [4.78, 5) is 47.0. The molecule has 4 aliphatic rings. The maximum Gasteiger partial charge on any atom is 0.314 e. The van der Waals surface area contributed by atoms with Gasteiger partial charge in [0.25, 0.3) is 11.5 Å². The Labute approximate surface area is 236 Å². The molecule has 5 heterocycles. The number of pyridine rings is 2. The number of fused-ring (bicyclic) bond motifs is 5. The van der Waals surface area contributed by atoms with Crippen LogP contribution in [0, 0.1) is 18.7 Å². The van der Waals surface area contributed by atoms with E-state index in [1.54, 1.807) is 11.5 Å². The predicted molar refractivity (Wildman–Crippen MR) is 149 cm³/mol. The first-order chi connectivity index (χ1) is 19.7. The normalized spacial score (nSPS) is 23.4. The van der Waals surface area contributed by atoms with Crippen molar-refractivity contribution in [2.45, 2.75) is 77.7 Å². The van der Waals surface area contributed by atoms with Crippen molar-refractivity contribution >= 4 is 22.8 Å². The van der Waals surface area contributed by atoms with E-state index in [0.29, 0.717) is 59.4 Å². The molecule has 3 aromatic rings. The number of amides is 1. The lowest BCUT2D eigenvalue weighted by molar-refractivity contribution is -0.150. The summed E-state index contributed by atoms with van der Waals surface area (Å²) >= 11 is 0. The fourth-order valence-electron chi connectivity index (χ4n) is 7.46. The third kappa shape index (κ3) is 3.66. The molecule has 214 valence electrons. The molecule has 7 rings (SSSR count). The van der Waals surface area contributed by atoms with E-state index in [1.165, 1.54) is 6.07 Å². The Hall–Kier alpha value is -3.63. The minimum Gasteiger partial charge on any atom is -0.460 e. The summed E-state index contributed by atoms with van der Waals surface area (Å²) in [5.41, 5.74) is 11.6. The number of cyclic esters (lactones) is 1. The molecule has 2 aromatic heterocycles. The zero-order valence-corrected chi connectivity index (χ0v) is 23.5. The number of benzene rings is 1. The van der Waals surface area contributed by atoms with Crippen molar-refractivity contribution < 1.29 is 23.5 Å². The number of hydrogen-bond acceptors (Lipinski definition) is 7. The van der Waals surface area contributed by atoms with Crippen LogP contribution in [0.4, 0.5) is 4.39 Å². The van der Waals surface area contributed by atoms with E-state index in [-0.39, 0.29) is 55.1 Å². The zero-order valence-electron chi connectivity index (χ0n) is 23.5. The molecular weight excluding hydrogens is 527 g/mol. The van der Waals surface area contributed by atoms with Gasteiger partial charge < -0.3 is 24.7 Å². The fourth-order valence-corrected chi connectivity index (χ4v) is 7.46. The number of nitrogens with two attached hydrogens (primary N) is 1. The Balaban J connectivity index is 1.46. The number of aromatic nitrogens is 2. The lowest BCUT2D eigenvalue weighted by Gasteiger charge is -2.35. The van der Waals surface area contributed by atoms with Gasteiger partial charge in [-0.2, -0.15) is 0 Å².